The summed E-state index contributed by atoms with van der Waals surface area (Å²) in [6, 6.07) is 9.65. The Labute approximate surface area is 217 Å². The number of piperazine rings is 1. The molecule has 196 valence electrons. The number of esters is 1. The van der Waals surface area contributed by atoms with Gasteiger partial charge in [0.25, 0.3) is 11.8 Å². The van der Waals surface area contributed by atoms with Gasteiger partial charge in [-0.25, -0.2) is 4.79 Å². The largest absolute Gasteiger partial charge is 0.492 e. The van der Waals surface area contributed by atoms with Crippen LogP contribution in [0, 0.1) is 12.8 Å². The molecular formula is C27H34BN3O6. The van der Waals surface area contributed by atoms with Gasteiger partial charge >= 0.3 is 13.1 Å². The maximum Gasteiger partial charge on any atom is 0.492 e. The standard InChI is InChI=1S/C27H34BN3O6/c1-17(2)24(29-25(32)22-10-9-21-16-37-28(35)23(21)18(22)3)27(34)36-15-19-5-7-20(8-6-19)26(33)31-13-11-30(4)12-14-31/h5-10,17,24,35H,11-16H2,1-4H3,(H,29,32). The molecule has 0 aromatic heterocycles. The molecule has 1 fully saturated rings. The van der Waals surface area contributed by atoms with E-state index in [1.807, 2.05) is 25.8 Å². The summed E-state index contributed by atoms with van der Waals surface area (Å²) in [5.41, 5.74) is 3.81. The van der Waals surface area contributed by atoms with Crippen molar-refractivity contribution in [3.63, 3.8) is 0 Å². The van der Waals surface area contributed by atoms with E-state index in [1.165, 1.54) is 0 Å². The first kappa shape index (κ1) is 26.8. The minimum Gasteiger partial charge on any atom is -0.459 e. The van der Waals surface area contributed by atoms with E-state index in [9.17, 15) is 19.4 Å². The van der Waals surface area contributed by atoms with Gasteiger partial charge in [0.2, 0.25) is 0 Å². The molecule has 2 heterocycles. The van der Waals surface area contributed by atoms with Crippen molar-refractivity contribution in [1.82, 2.24) is 15.1 Å². The van der Waals surface area contributed by atoms with E-state index < -0.39 is 25.0 Å². The van der Waals surface area contributed by atoms with Gasteiger partial charge < -0.3 is 29.5 Å². The summed E-state index contributed by atoms with van der Waals surface area (Å²) in [5, 5.41) is 12.9. The molecule has 10 heteroatoms. The third kappa shape index (κ3) is 6.03. The van der Waals surface area contributed by atoms with Crippen LogP contribution in [0.25, 0.3) is 0 Å². The number of carbonyl (C=O) groups is 3. The van der Waals surface area contributed by atoms with E-state index in [-0.39, 0.29) is 18.4 Å². The molecule has 2 N–H and O–H groups in total. The zero-order valence-corrected chi connectivity index (χ0v) is 21.8. The summed E-state index contributed by atoms with van der Waals surface area (Å²) in [5.74, 6) is -1.16. The van der Waals surface area contributed by atoms with Gasteiger partial charge in [-0.15, -0.1) is 0 Å². The summed E-state index contributed by atoms with van der Waals surface area (Å²) < 4.78 is 10.8. The van der Waals surface area contributed by atoms with Crippen molar-refractivity contribution in [1.29, 1.82) is 0 Å². The Bertz CT molecular complexity index is 1160. The predicted octanol–water partition coefficient (Wildman–Crippen LogP) is 1.10. The Morgan fingerprint density at radius 3 is 2.41 bits per heavy atom. The highest BCUT2D eigenvalue weighted by molar-refractivity contribution is 6.62. The highest BCUT2D eigenvalue weighted by atomic mass is 16.5. The van der Waals surface area contributed by atoms with Gasteiger partial charge in [-0.05, 0) is 60.2 Å². The number of amides is 2. The molecule has 37 heavy (non-hydrogen) atoms. The number of hydrogen-bond donors (Lipinski definition) is 2. The van der Waals surface area contributed by atoms with Gasteiger partial charge in [0, 0.05) is 37.3 Å². The molecule has 0 aliphatic carbocycles. The van der Waals surface area contributed by atoms with Crippen LogP contribution in [0.1, 0.15) is 51.3 Å². The number of carbonyl (C=O) groups excluding carboxylic acids is 3. The molecule has 4 rings (SSSR count). The second-order valence-corrected chi connectivity index (χ2v) is 10.1. The molecule has 0 saturated carbocycles. The third-order valence-corrected chi connectivity index (χ3v) is 7.07. The van der Waals surface area contributed by atoms with Crippen LogP contribution in [0.4, 0.5) is 0 Å². The topological polar surface area (TPSA) is 108 Å². The number of ether oxygens (including phenoxy) is 1. The molecule has 2 aromatic carbocycles. The highest BCUT2D eigenvalue weighted by Gasteiger charge is 2.32. The molecule has 9 nitrogen and oxygen atoms in total. The third-order valence-electron chi connectivity index (χ3n) is 7.07. The van der Waals surface area contributed by atoms with Crippen molar-refractivity contribution < 1.29 is 28.8 Å². The minimum absolute atomic E-state index is 0.000147. The maximum atomic E-state index is 13.0. The van der Waals surface area contributed by atoms with Crippen LogP contribution >= 0.6 is 0 Å². The fourth-order valence-electron chi connectivity index (χ4n) is 4.65. The monoisotopic (exact) mass is 507 g/mol. The molecule has 2 aliphatic rings. The molecule has 2 aromatic rings. The number of likely N-dealkylation sites (N-methyl/N-ethyl adjacent to an activating group) is 1. The molecule has 1 saturated heterocycles. The fraction of sp³-hybridized carbons (Fsp3) is 0.444. The van der Waals surface area contributed by atoms with Gasteiger partial charge in [0.15, 0.2) is 0 Å². The Morgan fingerprint density at radius 1 is 1.08 bits per heavy atom. The Morgan fingerprint density at radius 2 is 1.76 bits per heavy atom. The summed E-state index contributed by atoms with van der Waals surface area (Å²) in [6.07, 6.45) is 0. The zero-order valence-electron chi connectivity index (χ0n) is 21.8. The van der Waals surface area contributed by atoms with Crippen LogP contribution in [-0.4, -0.2) is 79.0 Å². The molecule has 0 spiro atoms. The van der Waals surface area contributed by atoms with Crippen molar-refractivity contribution >= 4 is 30.4 Å². The first-order valence-corrected chi connectivity index (χ1v) is 12.6. The number of fused-ring (bicyclic) bond motifs is 1. The van der Waals surface area contributed by atoms with Gasteiger partial charge in [-0.1, -0.05) is 32.0 Å². The predicted molar refractivity (Wildman–Crippen MR) is 139 cm³/mol. The van der Waals surface area contributed by atoms with Crippen molar-refractivity contribution in [2.45, 2.75) is 40.0 Å². The number of benzene rings is 2. The molecule has 0 radical (unpaired) electrons. The quantitative estimate of drug-likeness (QED) is 0.427. The molecule has 0 bridgehead atoms. The van der Waals surface area contributed by atoms with Crippen LogP contribution < -0.4 is 10.8 Å². The normalized spacial score (nSPS) is 16.5. The smallest absolute Gasteiger partial charge is 0.459 e. The van der Waals surface area contributed by atoms with Gasteiger partial charge in [-0.2, -0.15) is 0 Å². The van der Waals surface area contributed by atoms with E-state index >= 15 is 0 Å². The second kappa shape index (κ2) is 11.5. The van der Waals surface area contributed by atoms with E-state index in [2.05, 4.69) is 10.2 Å². The summed E-state index contributed by atoms with van der Waals surface area (Å²) >= 11 is 0. The van der Waals surface area contributed by atoms with E-state index in [0.717, 1.165) is 24.2 Å². The van der Waals surface area contributed by atoms with Crippen LogP contribution in [0.15, 0.2) is 36.4 Å². The van der Waals surface area contributed by atoms with Gasteiger partial charge in [0.1, 0.15) is 12.6 Å². The first-order valence-electron chi connectivity index (χ1n) is 12.6. The SMILES string of the molecule is Cc1c(C(=O)NC(C(=O)OCc2ccc(C(=O)N3CCN(C)CC3)cc2)C(C)C)ccc2c1B(O)OC2. The first-order chi connectivity index (χ1) is 17.7. The number of nitrogens with zero attached hydrogens (tertiary/aromatic N) is 2. The van der Waals surface area contributed by atoms with Crippen molar-refractivity contribution in [3.05, 3.63) is 64.2 Å². The van der Waals surface area contributed by atoms with Crippen molar-refractivity contribution in [2.24, 2.45) is 5.92 Å². The van der Waals surface area contributed by atoms with E-state index in [0.29, 0.717) is 41.8 Å². The van der Waals surface area contributed by atoms with Crippen LogP contribution in [0.2, 0.25) is 0 Å². The van der Waals surface area contributed by atoms with Crippen LogP contribution in [-0.2, 0) is 27.4 Å². The molecule has 1 unspecified atom stereocenters. The minimum atomic E-state index is -1.06. The molecule has 2 aliphatic heterocycles. The van der Waals surface area contributed by atoms with E-state index in [4.69, 9.17) is 9.39 Å². The Hall–Kier alpha value is -3.21. The molecule has 1 atom stereocenters. The zero-order chi connectivity index (χ0) is 26.7. The average molecular weight is 507 g/mol. The lowest BCUT2D eigenvalue weighted by atomic mass is 9.75. The Balaban J connectivity index is 1.35. The van der Waals surface area contributed by atoms with Crippen LogP contribution in [0.5, 0.6) is 0 Å². The Kier molecular flexibility index (Phi) is 8.31. The number of rotatable bonds is 7. The van der Waals surface area contributed by atoms with Crippen molar-refractivity contribution in [3.8, 4) is 0 Å². The van der Waals surface area contributed by atoms with Crippen LogP contribution in [0.3, 0.4) is 0 Å². The number of hydrogen-bond acceptors (Lipinski definition) is 7. The van der Waals surface area contributed by atoms with Gasteiger partial charge in [0.05, 0.1) is 6.61 Å². The summed E-state index contributed by atoms with van der Waals surface area (Å²) in [6.45, 7) is 8.87. The summed E-state index contributed by atoms with van der Waals surface area (Å²) in [4.78, 5) is 42.7. The molecule has 2 amide bonds. The van der Waals surface area contributed by atoms with E-state index in [1.54, 1.807) is 43.3 Å². The lowest BCUT2D eigenvalue weighted by Crippen LogP contribution is -2.47. The lowest BCUT2D eigenvalue weighted by molar-refractivity contribution is -0.148. The second-order valence-electron chi connectivity index (χ2n) is 10.1. The maximum absolute atomic E-state index is 13.0. The fourth-order valence-corrected chi connectivity index (χ4v) is 4.65. The summed E-state index contributed by atoms with van der Waals surface area (Å²) in [7, 11) is 0.985. The van der Waals surface area contributed by atoms with Gasteiger partial charge in [-0.3, -0.25) is 9.59 Å². The molecular weight excluding hydrogens is 473 g/mol. The highest BCUT2D eigenvalue weighted by Crippen LogP contribution is 2.18. The average Bonchev–Trinajstić information content (AvgIpc) is 3.27. The van der Waals surface area contributed by atoms with Crippen molar-refractivity contribution in [2.75, 3.05) is 33.2 Å². The lowest BCUT2D eigenvalue weighted by Gasteiger charge is -2.32. The number of nitrogens with one attached hydrogen (secondary N) is 1.